The molecule has 21 heavy (non-hydrogen) atoms. The van der Waals surface area contributed by atoms with Gasteiger partial charge in [0.2, 0.25) is 5.89 Å². The first-order valence-corrected chi connectivity index (χ1v) is 7.32. The predicted octanol–water partition coefficient (Wildman–Crippen LogP) is 3.04. The molecule has 0 bridgehead atoms. The summed E-state index contributed by atoms with van der Waals surface area (Å²) in [7, 11) is 0. The standard InChI is InChI=1S/C15H19N3O3/c1-10-7-9-20-13(10)15(19)18-8-5-3-4-6-12(18)14-16-11(2)21-17-14/h7,9,12H,3-6,8H2,1-2H3. The van der Waals surface area contributed by atoms with Crippen molar-refractivity contribution < 1.29 is 13.7 Å². The van der Waals surface area contributed by atoms with Crippen LogP contribution in [0.1, 0.15) is 59.6 Å². The molecule has 0 N–H and O–H groups in total. The molecule has 1 atom stereocenters. The van der Waals surface area contributed by atoms with E-state index in [0.29, 0.717) is 24.0 Å². The highest BCUT2D eigenvalue weighted by Gasteiger charge is 2.32. The predicted molar refractivity (Wildman–Crippen MR) is 74.7 cm³/mol. The second kappa shape index (κ2) is 5.71. The fourth-order valence-electron chi connectivity index (χ4n) is 2.79. The molecule has 3 rings (SSSR count). The van der Waals surface area contributed by atoms with Crippen molar-refractivity contribution in [3.63, 3.8) is 0 Å². The first kappa shape index (κ1) is 13.9. The summed E-state index contributed by atoms with van der Waals surface area (Å²) in [5.41, 5.74) is 0.854. The van der Waals surface area contributed by atoms with Crippen LogP contribution in [0.2, 0.25) is 0 Å². The van der Waals surface area contributed by atoms with E-state index in [1.165, 1.54) is 0 Å². The van der Waals surface area contributed by atoms with Gasteiger partial charge in [0, 0.05) is 19.0 Å². The van der Waals surface area contributed by atoms with Crippen LogP contribution in [0.5, 0.6) is 0 Å². The maximum Gasteiger partial charge on any atom is 0.290 e. The summed E-state index contributed by atoms with van der Waals surface area (Å²) >= 11 is 0. The molecule has 2 aromatic heterocycles. The Labute approximate surface area is 123 Å². The molecule has 1 saturated heterocycles. The summed E-state index contributed by atoms with van der Waals surface area (Å²) in [6.07, 6.45) is 5.55. The van der Waals surface area contributed by atoms with Gasteiger partial charge in [0.15, 0.2) is 11.6 Å². The number of furan rings is 1. The molecule has 1 fully saturated rings. The molecule has 1 unspecified atom stereocenters. The number of aryl methyl sites for hydroxylation is 2. The maximum absolute atomic E-state index is 12.8. The van der Waals surface area contributed by atoms with Crippen LogP contribution in [0.15, 0.2) is 21.3 Å². The Bertz CT molecular complexity index is 632. The van der Waals surface area contributed by atoms with Crippen molar-refractivity contribution in [1.29, 1.82) is 0 Å². The first-order valence-electron chi connectivity index (χ1n) is 7.32. The van der Waals surface area contributed by atoms with E-state index >= 15 is 0 Å². The maximum atomic E-state index is 12.8. The second-order valence-corrected chi connectivity index (χ2v) is 5.47. The van der Waals surface area contributed by atoms with Gasteiger partial charge in [-0.1, -0.05) is 18.0 Å². The molecule has 112 valence electrons. The lowest BCUT2D eigenvalue weighted by Gasteiger charge is -2.27. The molecule has 0 saturated carbocycles. The van der Waals surface area contributed by atoms with Gasteiger partial charge in [-0.15, -0.1) is 0 Å². The average Bonchev–Trinajstić information content (AvgIpc) is 3.00. The van der Waals surface area contributed by atoms with Crippen molar-refractivity contribution in [2.24, 2.45) is 0 Å². The lowest BCUT2D eigenvalue weighted by molar-refractivity contribution is 0.0636. The van der Waals surface area contributed by atoms with Crippen molar-refractivity contribution in [3.8, 4) is 0 Å². The average molecular weight is 289 g/mol. The number of aromatic nitrogens is 2. The third-order valence-corrected chi connectivity index (χ3v) is 3.91. The third-order valence-electron chi connectivity index (χ3n) is 3.91. The van der Waals surface area contributed by atoms with Crippen molar-refractivity contribution in [2.45, 2.75) is 45.6 Å². The van der Waals surface area contributed by atoms with Crippen LogP contribution in [-0.4, -0.2) is 27.5 Å². The second-order valence-electron chi connectivity index (χ2n) is 5.47. The van der Waals surface area contributed by atoms with Crippen LogP contribution in [0.4, 0.5) is 0 Å². The van der Waals surface area contributed by atoms with Gasteiger partial charge < -0.3 is 13.8 Å². The van der Waals surface area contributed by atoms with E-state index in [0.717, 1.165) is 31.2 Å². The van der Waals surface area contributed by atoms with Crippen molar-refractivity contribution in [3.05, 3.63) is 35.4 Å². The molecule has 1 aliphatic rings. The molecule has 0 spiro atoms. The zero-order valence-electron chi connectivity index (χ0n) is 12.3. The van der Waals surface area contributed by atoms with Crippen molar-refractivity contribution in [2.75, 3.05) is 6.54 Å². The molecule has 0 radical (unpaired) electrons. The minimum absolute atomic E-state index is 0.0909. The van der Waals surface area contributed by atoms with Crippen molar-refractivity contribution in [1.82, 2.24) is 15.0 Å². The number of hydrogen-bond donors (Lipinski definition) is 0. The number of carbonyl (C=O) groups is 1. The van der Waals surface area contributed by atoms with E-state index < -0.39 is 0 Å². The Morgan fingerprint density at radius 3 is 2.86 bits per heavy atom. The monoisotopic (exact) mass is 289 g/mol. The highest BCUT2D eigenvalue weighted by molar-refractivity contribution is 5.93. The van der Waals surface area contributed by atoms with Gasteiger partial charge in [0.25, 0.3) is 5.91 Å². The largest absolute Gasteiger partial charge is 0.459 e. The van der Waals surface area contributed by atoms with Crippen LogP contribution < -0.4 is 0 Å². The summed E-state index contributed by atoms with van der Waals surface area (Å²) in [6, 6.07) is 1.67. The highest BCUT2D eigenvalue weighted by atomic mass is 16.5. The third kappa shape index (κ3) is 2.70. The molecule has 1 aliphatic heterocycles. The number of rotatable bonds is 2. The van der Waals surface area contributed by atoms with Gasteiger partial charge in [-0.25, -0.2) is 0 Å². The Morgan fingerprint density at radius 2 is 2.19 bits per heavy atom. The minimum atomic E-state index is -0.137. The fraction of sp³-hybridized carbons (Fsp3) is 0.533. The highest BCUT2D eigenvalue weighted by Crippen LogP contribution is 2.30. The van der Waals surface area contributed by atoms with Crippen LogP contribution in [0, 0.1) is 13.8 Å². The van der Waals surface area contributed by atoms with E-state index in [4.69, 9.17) is 8.94 Å². The Hall–Kier alpha value is -2.11. The number of hydrogen-bond acceptors (Lipinski definition) is 5. The van der Waals surface area contributed by atoms with Gasteiger partial charge >= 0.3 is 0 Å². The lowest BCUT2D eigenvalue weighted by Crippen LogP contribution is -2.35. The first-order chi connectivity index (χ1) is 10.2. The zero-order chi connectivity index (χ0) is 14.8. The van der Waals surface area contributed by atoms with Gasteiger partial charge in [0.05, 0.1) is 12.3 Å². The van der Waals surface area contributed by atoms with E-state index in [1.807, 2.05) is 11.8 Å². The molecular weight excluding hydrogens is 270 g/mol. The summed E-state index contributed by atoms with van der Waals surface area (Å²) in [5.74, 6) is 1.43. The van der Waals surface area contributed by atoms with Crippen LogP contribution >= 0.6 is 0 Å². The molecule has 0 aromatic carbocycles. The SMILES string of the molecule is Cc1nc(C2CCCCCN2C(=O)c2occc2C)no1. The quantitative estimate of drug-likeness (QED) is 0.849. The molecular formula is C15H19N3O3. The molecule has 0 aliphatic carbocycles. The Kier molecular flexibility index (Phi) is 3.77. The van der Waals surface area contributed by atoms with Crippen LogP contribution in [0.25, 0.3) is 0 Å². The zero-order valence-corrected chi connectivity index (χ0v) is 12.3. The van der Waals surface area contributed by atoms with E-state index in [1.54, 1.807) is 19.3 Å². The minimum Gasteiger partial charge on any atom is -0.459 e. The number of carbonyl (C=O) groups excluding carboxylic acids is 1. The fourth-order valence-corrected chi connectivity index (χ4v) is 2.79. The smallest absolute Gasteiger partial charge is 0.290 e. The Morgan fingerprint density at radius 1 is 1.33 bits per heavy atom. The summed E-state index contributed by atoms with van der Waals surface area (Å²) in [6.45, 7) is 4.33. The Balaban J connectivity index is 1.92. The van der Waals surface area contributed by atoms with E-state index in [2.05, 4.69) is 10.1 Å². The van der Waals surface area contributed by atoms with E-state index in [-0.39, 0.29) is 11.9 Å². The normalized spacial score (nSPS) is 19.5. The van der Waals surface area contributed by atoms with Crippen LogP contribution in [0.3, 0.4) is 0 Å². The van der Waals surface area contributed by atoms with Crippen molar-refractivity contribution >= 4 is 5.91 Å². The summed E-state index contributed by atoms with van der Waals surface area (Å²) in [4.78, 5) is 18.9. The van der Waals surface area contributed by atoms with Crippen LogP contribution in [-0.2, 0) is 0 Å². The molecule has 2 aromatic rings. The summed E-state index contributed by atoms with van der Waals surface area (Å²) < 4.78 is 10.4. The van der Waals surface area contributed by atoms with Gasteiger partial charge in [-0.2, -0.15) is 4.98 Å². The van der Waals surface area contributed by atoms with Gasteiger partial charge in [0.1, 0.15) is 0 Å². The molecule has 1 amide bonds. The topological polar surface area (TPSA) is 72.4 Å². The lowest BCUT2D eigenvalue weighted by atomic mass is 10.1. The molecule has 6 heteroatoms. The number of amides is 1. The van der Waals surface area contributed by atoms with E-state index in [9.17, 15) is 4.79 Å². The van der Waals surface area contributed by atoms with Gasteiger partial charge in [-0.3, -0.25) is 4.79 Å². The number of likely N-dealkylation sites (tertiary alicyclic amines) is 1. The molecule has 3 heterocycles. The molecule has 6 nitrogen and oxygen atoms in total. The van der Waals surface area contributed by atoms with Gasteiger partial charge in [-0.05, 0) is 25.8 Å². The number of nitrogens with zero attached hydrogens (tertiary/aromatic N) is 3. The summed E-state index contributed by atoms with van der Waals surface area (Å²) in [5, 5.41) is 4.01.